The van der Waals surface area contributed by atoms with Crippen LogP contribution in [0.2, 0.25) is 0 Å². The van der Waals surface area contributed by atoms with E-state index in [1.165, 1.54) is 17.6 Å². The first kappa shape index (κ1) is 17.6. The molecule has 1 amide bonds. The largest absolute Gasteiger partial charge is 0.362 e. The van der Waals surface area contributed by atoms with Gasteiger partial charge in [0, 0.05) is 12.5 Å². The standard InChI is InChI=1S/C18H20FN3O2/c1-3-15-18(2,10-11-19)21-16(20-15)12-14-6-4-13(5-7-14)8-9-17(23)22-24/h3-11,15,24H,1,12H2,2H3,(H,20,21)(H,22,23)/b9-8+,11-10+. The summed E-state index contributed by atoms with van der Waals surface area (Å²) in [6.07, 6.45) is 7.07. The fourth-order valence-electron chi connectivity index (χ4n) is 2.53. The first-order chi connectivity index (χ1) is 11.5. The first-order valence-electron chi connectivity index (χ1n) is 7.47. The maximum Gasteiger partial charge on any atom is 0.267 e. The van der Waals surface area contributed by atoms with Gasteiger partial charge in [0.15, 0.2) is 0 Å². The van der Waals surface area contributed by atoms with Crippen molar-refractivity contribution in [2.24, 2.45) is 4.99 Å². The third-order valence-electron chi connectivity index (χ3n) is 3.84. The first-order valence-corrected chi connectivity index (χ1v) is 7.47. The maximum absolute atomic E-state index is 12.6. The molecule has 1 aliphatic heterocycles. The van der Waals surface area contributed by atoms with Crippen LogP contribution in [0.4, 0.5) is 4.39 Å². The molecule has 0 saturated carbocycles. The van der Waals surface area contributed by atoms with Gasteiger partial charge in [0.05, 0.1) is 17.9 Å². The number of nitrogens with one attached hydrogen (secondary N) is 2. The SMILES string of the molecule is C=CC1N=C(Cc2ccc(/C=C/C(=O)NO)cc2)NC1(C)/C=C/F. The Morgan fingerprint density at radius 1 is 1.50 bits per heavy atom. The third kappa shape index (κ3) is 4.17. The number of carbonyl (C=O) groups is 1. The molecular formula is C18H20FN3O2. The molecule has 126 valence electrons. The number of halogens is 1. The molecule has 0 aliphatic carbocycles. The van der Waals surface area contributed by atoms with E-state index < -0.39 is 11.4 Å². The molecule has 1 aliphatic rings. The van der Waals surface area contributed by atoms with Gasteiger partial charge in [-0.05, 0) is 30.2 Å². The maximum atomic E-state index is 12.6. The molecule has 2 rings (SSSR count). The molecule has 6 heteroatoms. The highest BCUT2D eigenvalue weighted by molar-refractivity contribution is 5.91. The predicted octanol–water partition coefficient (Wildman–Crippen LogP) is 2.55. The van der Waals surface area contributed by atoms with E-state index in [4.69, 9.17) is 5.21 Å². The number of benzene rings is 1. The molecule has 0 fully saturated rings. The van der Waals surface area contributed by atoms with Crippen LogP contribution in [0.3, 0.4) is 0 Å². The second kappa shape index (κ2) is 7.70. The zero-order chi connectivity index (χ0) is 17.6. The van der Waals surface area contributed by atoms with Crippen molar-refractivity contribution in [3.8, 4) is 0 Å². The number of amidine groups is 1. The second-order valence-electron chi connectivity index (χ2n) is 5.68. The zero-order valence-electron chi connectivity index (χ0n) is 13.4. The van der Waals surface area contributed by atoms with Crippen LogP contribution in [0.1, 0.15) is 18.1 Å². The van der Waals surface area contributed by atoms with Crippen molar-refractivity contribution in [3.63, 3.8) is 0 Å². The lowest BCUT2D eigenvalue weighted by molar-refractivity contribution is -0.124. The average Bonchev–Trinajstić information content (AvgIpc) is 2.89. The summed E-state index contributed by atoms with van der Waals surface area (Å²) in [6.45, 7) is 5.62. The van der Waals surface area contributed by atoms with E-state index in [2.05, 4.69) is 16.9 Å². The van der Waals surface area contributed by atoms with Gasteiger partial charge < -0.3 is 5.32 Å². The molecule has 3 N–H and O–H groups in total. The van der Waals surface area contributed by atoms with Gasteiger partial charge >= 0.3 is 0 Å². The summed E-state index contributed by atoms with van der Waals surface area (Å²) >= 11 is 0. The Balaban J connectivity index is 2.05. The number of rotatable bonds is 6. The summed E-state index contributed by atoms with van der Waals surface area (Å²) < 4.78 is 12.6. The smallest absolute Gasteiger partial charge is 0.267 e. The van der Waals surface area contributed by atoms with Gasteiger partial charge in [0.25, 0.3) is 5.91 Å². The van der Waals surface area contributed by atoms with E-state index in [1.54, 1.807) is 12.2 Å². The lowest BCUT2D eigenvalue weighted by atomic mass is 9.94. The number of aliphatic imine (C=N–C) groups is 1. The highest BCUT2D eigenvalue weighted by atomic mass is 19.1. The monoisotopic (exact) mass is 329 g/mol. The average molecular weight is 329 g/mol. The molecule has 2 atom stereocenters. The van der Waals surface area contributed by atoms with E-state index in [0.29, 0.717) is 12.8 Å². The van der Waals surface area contributed by atoms with Crippen LogP contribution in [-0.4, -0.2) is 28.5 Å². The molecule has 0 radical (unpaired) electrons. The number of hydroxylamine groups is 1. The summed E-state index contributed by atoms with van der Waals surface area (Å²) in [4.78, 5) is 15.5. The van der Waals surface area contributed by atoms with Crippen molar-refractivity contribution < 1.29 is 14.4 Å². The van der Waals surface area contributed by atoms with Crippen molar-refractivity contribution in [2.75, 3.05) is 0 Å². The molecule has 0 bridgehead atoms. The fourth-order valence-corrected chi connectivity index (χ4v) is 2.53. The van der Waals surface area contributed by atoms with Gasteiger partial charge in [-0.1, -0.05) is 30.3 Å². The highest BCUT2D eigenvalue weighted by Crippen LogP contribution is 2.23. The number of carbonyl (C=O) groups excluding carboxylic acids is 1. The summed E-state index contributed by atoms with van der Waals surface area (Å²) in [7, 11) is 0. The normalized spacial score (nSPS) is 23.3. The Morgan fingerprint density at radius 3 is 2.79 bits per heavy atom. The second-order valence-corrected chi connectivity index (χ2v) is 5.68. The van der Waals surface area contributed by atoms with Gasteiger partial charge in [-0.2, -0.15) is 0 Å². The van der Waals surface area contributed by atoms with Crippen LogP contribution in [0.5, 0.6) is 0 Å². The van der Waals surface area contributed by atoms with Crippen LogP contribution >= 0.6 is 0 Å². The minimum Gasteiger partial charge on any atom is -0.362 e. The van der Waals surface area contributed by atoms with Gasteiger partial charge in [-0.25, -0.2) is 9.87 Å². The van der Waals surface area contributed by atoms with E-state index in [0.717, 1.165) is 17.0 Å². The highest BCUT2D eigenvalue weighted by Gasteiger charge is 2.36. The summed E-state index contributed by atoms with van der Waals surface area (Å²) in [6, 6.07) is 7.34. The number of hydrogen-bond acceptors (Lipinski definition) is 4. The van der Waals surface area contributed by atoms with Crippen LogP contribution < -0.4 is 10.8 Å². The minimum atomic E-state index is -0.605. The van der Waals surface area contributed by atoms with Crippen LogP contribution in [0.15, 0.2) is 60.4 Å². The van der Waals surface area contributed by atoms with Gasteiger partial charge in [0.1, 0.15) is 5.84 Å². The molecule has 5 nitrogen and oxygen atoms in total. The number of amides is 1. The van der Waals surface area contributed by atoms with Crippen molar-refractivity contribution in [1.29, 1.82) is 0 Å². The number of nitrogens with zero attached hydrogens (tertiary/aromatic N) is 1. The molecule has 0 spiro atoms. The van der Waals surface area contributed by atoms with E-state index >= 15 is 0 Å². The van der Waals surface area contributed by atoms with E-state index in [1.807, 2.05) is 31.2 Å². The molecule has 0 aromatic heterocycles. The van der Waals surface area contributed by atoms with Crippen LogP contribution in [0, 0.1) is 0 Å². The van der Waals surface area contributed by atoms with Crippen LogP contribution in [-0.2, 0) is 11.2 Å². The van der Waals surface area contributed by atoms with Gasteiger partial charge in [-0.15, -0.1) is 6.58 Å². The Kier molecular flexibility index (Phi) is 5.65. The summed E-state index contributed by atoms with van der Waals surface area (Å²) in [5, 5.41) is 11.7. The molecule has 1 heterocycles. The van der Waals surface area contributed by atoms with Crippen LogP contribution in [0.25, 0.3) is 6.08 Å². The molecular weight excluding hydrogens is 309 g/mol. The summed E-state index contributed by atoms with van der Waals surface area (Å²) in [5.74, 6) is 0.183. The van der Waals surface area contributed by atoms with Gasteiger partial charge in [-0.3, -0.25) is 15.0 Å². The van der Waals surface area contributed by atoms with E-state index in [9.17, 15) is 9.18 Å². The lowest BCUT2D eigenvalue weighted by Gasteiger charge is -2.25. The molecule has 0 saturated heterocycles. The number of hydrogen-bond donors (Lipinski definition) is 3. The third-order valence-corrected chi connectivity index (χ3v) is 3.84. The Morgan fingerprint density at radius 2 is 2.21 bits per heavy atom. The van der Waals surface area contributed by atoms with Crippen molar-refractivity contribution in [3.05, 3.63) is 66.5 Å². The van der Waals surface area contributed by atoms with Crippen molar-refractivity contribution in [1.82, 2.24) is 10.8 Å². The quantitative estimate of drug-likeness (QED) is 0.325. The zero-order valence-corrected chi connectivity index (χ0v) is 13.4. The Labute approximate surface area is 140 Å². The molecule has 1 aromatic carbocycles. The predicted molar refractivity (Wildman–Crippen MR) is 92.3 cm³/mol. The lowest BCUT2D eigenvalue weighted by Crippen LogP contribution is -2.45. The van der Waals surface area contributed by atoms with Gasteiger partial charge in [0.2, 0.25) is 0 Å². The van der Waals surface area contributed by atoms with Crippen molar-refractivity contribution in [2.45, 2.75) is 24.9 Å². The molecule has 1 aromatic rings. The Bertz CT molecular complexity index is 695. The minimum absolute atomic E-state index is 0.223. The molecule has 24 heavy (non-hydrogen) atoms. The molecule has 2 unspecified atom stereocenters. The summed E-state index contributed by atoms with van der Waals surface area (Å²) in [5.41, 5.74) is 2.79. The van der Waals surface area contributed by atoms with E-state index in [-0.39, 0.29) is 6.04 Å². The topological polar surface area (TPSA) is 73.7 Å². The Hall–Kier alpha value is -2.73. The van der Waals surface area contributed by atoms with Crippen molar-refractivity contribution >= 4 is 17.8 Å². The fraction of sp³-hybridized carbons (Fsp3) is 0.222.